The number of hydrogen-bond donors (Lipinski definition) is 0. The van der Waals surface area contributed by atoms with E-state index >= 15 is 0 Å². The van der Waals surface area contributed by atoms with Crippen LogP contribution in [-0.2, 0) is 0 Å². The minimum atomic E-state index is -0.229. The van der Waals surface area contributed by atoms with Crippen LogP contribution in [0.5, 0.6) is 11.5 Å². The Kier molecular flexibility index (Phi) is 8.75. The Balaban J connectivity index is 1.66. The van der Waals surface area contributed by atoms with Gasteiger partial charge in [0.2, 0.25) is 0 Å². The molecule has 3 aromatic carbocycles. The van der Waals surface area contributed by atoms with Gasteiger partial charge in [-0.05, 0) is 51.0 Å². The number of fused-ring (bicyclic) bond motifs is 1. The molecule has 1 fully saturated rings. The van der Waals surface area contributed by atoms with Gasteiger partial charge in [0, 0.05) is 27.6 Å². The SMILES string of the molecule is CCOc1cc(OCC)c(C(=O)c2ccccc2)cc1C=Nn1c(C2CCCCC2)nc2ccc(Br)cc2c1=O. The van der Waals surface area contributed by atoms with Crippen LogP contribution in [0.1, 0.15) is 79.2 Å². The molecule has 0 amide bonds. The van der Waals surface area contributed by atoms with Crippen LogP contribution < -0.4 is 15.0 Å². The highest BCUT2D eigenvalue weighted by Gasteiger charge is 2.23. The fraction of sp³-hybridized carbons (Fsp3) is 0.312. The molecule has 7 nitrogen and oxygen atoms in total. The second-order valence-electron chi connectivity index (χ2n) is 9.78. The van der Waals surface area contributed by atoms with Gasteiger partial charge in [-0.1, -0.05) is 65.5 Å². The predicted octanol–water partition coefficient (Wildman–Crippen LogP) is 7.12. The molecule has 5 rings (SSSR count). The van der Waals surface area contributed by atoms with Crippen LogP contribution in [0.15, 0.2) is 75.0 Å². The van der Waals surface area contributed by atoms with Crippen molar-refractivity contribution in [3.05, 3.63) is 98.0 Å². The van der Waals surface area contributed by atoms with Gasteiger partial charge in [0.15, 0.2) is 5.78 Å². The van der Waals surface area contributed by atoms with Crippen molar-refractivity contribution in [1.29, 1.82) is 0 Å². The monoisotopic (exact) mass is 601 g/mol. The number of halogens is 1. The fourth-order valence-corrected chi connectivity index (χ4v) is 5.54. The number of ketones is 1. The lowest BCUT2D eigenvalue weighted by Crippen LogP contribution is -2.25. The molecular formula is C32H32BrN3O4. The van der Waals surface area contributed by atoms with Gasteiger partial charge in [0.25, 0.3) is 5.56 Å². The Labute approximate surface area is 242 Å². The van der Waals surface area contributed by atoms with Crippen LogP contribution in [-0.4, -0.2) is 34.9 Å². The lowest BCUT2D eigenvalue weighted by Gasteiger charge is -2.23. The molecule has 0 spiro atoms. The van der Waals surface area contributed by atoms with Gasteiger partial charge in [-0.2, -0.15) is 9.78 Å². The van der Waals surface area contributed by atoms with E-state index in [0.717, 1.165) is 30.2 Å². The molecule has 1 heterocycles. The van der Waals surface area contributed by atoms with Gasteiger partial charge in [-0.3, -0.25) is 9.59 Å². The van der Waals surface area contributed by atoms with Crippen LogP contribution in [0.25, 0.3) is 10.9 Å². The van der Waals surface area contributed by atoms with E-state index < -0.39 is 0 Å². The molecule has 1 aromatic heterocycles. The summed E-state index contributed by atoms with van der Waals surface area (Å²) in [7, 11) is 0. The third-order valence-corrected chi connectivity index (χ3v) is 7.60. The molecule has 0 atom stereocenters. The number of benzene rings is 3. The van der Waals surface area contributed by atoms with E-state index in [1.54, 1.807) is 36.5 Å². The van der Waals surface area contributed by atoms with Crippen LogP contribution in [0, 0.1) is 0 Å². The van der Waals surface area contributed by atoms with Crippen LogP contribution in [0.4, 0.5) is 0 Å². The van der Waals surface area contributed by atoms with E-state index in [2.05, 4.69) is 15.9 Å². The standard InChI is InChI=1S/C32H32BrN3O4/c1-3-39-28-19-29(40-4-2)26(30(37)21-11-7-5-8-12-21)17-23(28)20-34-36-31(22-13-9-6-10-14-22)35-27-16-15-24(33)18-25(27)32(36)38/h5,7-8,11-12,15-20,22H,3-4,6,9-10,13-14H2,1-2H3. The molecule has 40 heavy (non-hydrogen) atoms. The lowest BCUT2D eigenvalue weighted by atomic mass is 9.88. The van der Waals surface area contributed by atoms with Crippen molar-refractivity contribution in [3.63, 3.8) is 0 Å². The summed E-state index contributed by atoms with van der Waals surface area (Å²) in [6.07, 6.45) is 6.90. The van der Waals surface area contributed by atoms with Gasteiger partial charge in [-0.15, -0.1) is 0 Å². The highest BCUT2D eigenvalue weighted by atomic mass is 79.9. The molecule has 0 bridgehead atoms. The van der Waals surface area contributed by atoms with Crippen LogP contribution in [0.2, 0.25) is 0 Å². The molecule has 0 unspecified atom stereocenters. The molecule has 1 aliphatic carbocycles. The van der Waals surface area contributed by atoms with Crippen LogP contribution in [0.3, 0.4) is 0 Å². The number of hydrogen-bond acceptors (Lipinski definition) is 6. The van der Waals surface area contributed by atoms with E-state index in [-0.39, 0.29) is 17.3 Å². The number of carbonyl (C=O) groups is 1. The summed E-state index contributed by atoms with van der Waals surface area (Å²) in [4.78, 5) is 32.2. The minimum Gasteiger partial charge on any atom is -0.493 e. The smallest absolute Gasteiger partial charge is 0.282 e. The molecule has 1 aliphatic rings. The van der Waals surface area contributed by atoms with Crippen molar-refractivity contribution in [1.82, 2.24) is 9.66 Å². The Morgan fingerprint density at radius 2 is 1.73 bits per heavy atom. The third kappa shape index (κ3) is 5.87. The van der Waals surface area contributed by atoms with E-state index in [9.17, 15) is 9.59 Å². The van der Waals surface area contributed by atoms with Gasteiger partial charge in [-0.25, -0.2) is 4.98 Å². The van der Waals surface area contributed by atoms with Crippen molar-refractivity contribution < 1.29 is 14.3 Å². The number of rotatable bonds is 9. The van der Waals surface area contributed by atoms with Gasteiger partial charge in [0.05, 0.1) is 35.9 Å². The van der Waals surface area contributed by atoms with E-state index in [1.807, 2.05) is 44.2 Å². The summed E-state index contributed by atoms with van der Waals surface area (Å²) >= 11 is 3.47. The van der Waals surface area contributed by atoms with Crippen molar-refractivity contribution in [3.8, 4) is 11.5 Å². The zero-order valence-electron chi connectivity index (χ0n) is 22.7. The second-order valence-corrected chi connectivity index (χ2v) is 10.7. The minimum absolute atomic E-state index is 0.147. The van der Waals surface area contributed by atoms with E-state index in [1.165, 1.54) is 11.1 Å². The van der Waals surface area contributed by atoms with Gasteiger partial charge in [0.1, 0.15) is 17.3 Å². The molecule has 0 saturated heterocycles. The Morgan fingerprint density at radius 3 is 2.45 bits per heavy atom. The Hall–Kier alpha value is -3.78. The van der Waals surface area contributed by atoms with Crippen molar-refractivity contribution >= 4 is 38.8 Å². The molecule has 4 aromatic rings. The molecule has 206 valence electrons. The fourth-order valence-electron chi connectivity index (χ4n) is 5.18. The summed E-state index contributed by atoms with van der Waals surface area (Å²) in [5.41, 5.74) is 1.95. The Morgan fingerprint density at radius 1 is 1.00 bits per heavy atom. The predicted molar refractivity (Wildman–Crippen MR) is 161 cm³/mol. The number of aromatic nitrogens is 2. The summed E-state index contributed by atoms with van der Waals surface area (Å²) in [6, 6.07) is 18.1. The maximum Gasteiger partial charge on any atom is 0.282 e. The largest absolute Gasteiger partial charge is 0.493 e. The first kappa shape index (κ1) is 27.8. The quantitative estimate of drug-likeness (QED) is 0.151. The number of carbonyl (C=O) groups excluding carboxylic acids is 1. The molecule has 8 heteroatoms. The summed E-state index contributed by atoms with van der Waals surface area (Å²) < 4.78 is 14.0. The van der Waals surface area contributed by atoms with Crippen molar-refractivity contribution in [2.75, 3.05) is 13.2 Å². The molecular weight excluding hydrogens is 570 g/mol. The summed E-state index contributed by atoms with van der Waals surface area (Å²) in [5, 5.41) is 5.18. The average molecular weight is 603 g/mol. The van der Waals surface area contributed by atoms with E-state index in [4.69, 9.17) is 19.6 Å². The molecule has 0 aliphatic heterocycles. The Bertz CT molecular complexity index is 1610. The zero-order chi connectivity index (χ0) is 28.1. The maximum atomic E-state index is 13.8. The zero-order valence-corrected chi connectivity index (χ0v) is 24.3. The van der Waals surface area contributed by atoms with Gasteiger partial charge >= 0.3 is 0 Å². The first-order chi connectivity index (χ1) is 19.5. The molecule has 0 radical (unpaired) electrons. The van der Waals surface area contributed by atoms with Crippen molar-refractivity contribution in [2.45, 2.75) is 51.9 Å². The molecule has 1 saturated carbocycles. The van der Waals surface area contributed by atoms with Crippen molar-refractivity contribution in [2.24, 2.45) is 5.10 Å². The van der Waals surface area contributed by atoms with E-state index in [0.29, 0.717) is 58.1 Å². The lowest BCUT2D eigenvalue weighted by molar-refractivity contribution is 0.103. The first-order valence-corrected chi connectivity index (χ1v) is 14.6. The third-order valence-electron chi connectivity index (χ3n) is 7.11. The topological polar surface area (TPSA) is 82.8 Å². The number of nitrogens with zero attached hydrogens (tertiary/aromatic N) is 3. The highest BCUT2D eigenvalue weighted by molar-refractivity contribution is 9.10. The normalized spacial score (nSPS) is 14.1. The second kappa shape index (κ2) is 12.6. The highest BCUT2D eigenvalue weighted by Crippen LogP contribution is 2.33. The summed E-state index contributed by atoms with van der Waals surface area (Å²) in [5.74, 6) is 1.60. The maximum absolute atomic E-state index is 13.8. The summed E-state index contributed by atoms with van der Waals surface area (Å²) in [6.45, 7) is 4.57. The van der Waals surface area contributed by atoms with Crippen LogP contribution >= 0.6 is 15.9 Å². The van der Waals surface area contributed by atoms with Gasteiger partial charge < -0.3 is 9.47 Å². The first-order valence-electron chi connectivity index (χ1n) is 13.8. The number of ether oxygens (including phenoxy) is 2. The molecule has 0 N–H and O–H groups in total. The average Bonchev–Trinajstić information content (AvgIpc) is 2.98.